The Kier molecular flexibility index (Phi) is 3.38. The minimum atomic E-state index is -0.298. The van der Waals surface area contributed by atoms with Crippen LogP contribution in [0.4, 0.5) is 10.2 Å². The summed E-state index contributed by atoms with van der Waals surface area (Å²) in [4.78, 5) is 8.42. The van der Waals surface area contributed by atoms with Gasteiger partial charge in [0.25, 0.3) is 0 Å². The van der Waals surface area contributed by atoms with E-state index in [-0.39, 0.29) is 5.82 Å². The number of anilines is 1. The lowest BCUT2D eigenvalue weighted by atomic mass is 10.1. The Bertz CT molecular complexity index is 557. The summed E-state index contributed by atoms with van der Waals surface area (Å²) in [5, 5.41) is 2.93. The van der Waals surface area contributed by atoms with Crippen LogP contribution in [0.5, 0.6) is 0 Å². The van der Waals surface area contributed by atoms with E-state index in [0.717, 1.165) is 4.47 Å². The SMILES string of the molecule is CNc1cc(-c2cc(Br)ccc2F)nc(C)n1. The number of benzene rings is 1. The standard InChI is InChI=1S/C12H11BrFN3/c1-7-16-11(6-12(15-2)17-7)9-5-8(13)3-4-10(9)14/h3-6H,1-2H3,(H,15,16,17). The number of halogens is 2. The van der Waals surface area contributed by atoms with Crippen molar-refractivity contribution in [3.63, 3.8) is 0 Å². The summed E-state index contributed by atoms with van der Waals surface area (Å²) in [5.41, 5.74) is 1.03. The van der Waals surface area contributed by atoms with Crippen molar-refractivity contribution in [3.8, 4) is 11.3 Å². The first-order valence-electron chi connectivity index (χ1n) is 5.09. The number of aryl methyl sites for hydroxylation is 1. The molecular formula is C12H11BrFN3. The van der Waals surface area contributed by atoms with Gasteiger partial charge in [0.2, 0.25) is 0 Å². The van der Waals surface area contributed by atoms with Gasteiger partial charge in [0.15, 0.2) is 0 Å². The summed E-state index contributed by atoms with van der Waals surface area (Å²) < 4.78 is 14.5. The van der Waals surface area contributed by atoms with Gasteiger partial charge in [0, 0.05) is 23.2 Å². The average molecular weight is 296 g/mol. The maximum absolute atomic E-state index is 13.7. The molecule has 0 radical (unpaired) electrons. The Balaban J connectivity index is 2.59. The van der Waals surface area contributed by atoms with Crippen molar-refractivity contribution in [1.82, 2.24) is 9.97 Å². The molecular weight excluding hydrogens is 285 g/mol. The monoisotopic (exact) mass is 295 g/mol. The minimum absolute atomic E-state index is 0.298. The summed E-state index contributed by atoms with van der Waals surface area (Å²) >= 11 is 3.32. The van der Waals surface area contributed by atoms with Crippen molar-refractivity contribution >= 4 is 21.7 Å². The predicted molar refractivity (Wildman–Crippen MR) is 69.4 cm³/mol. The lowest BCUT2D eigenvalue weighted by molar-refractivity contribution is 0.630. The summed E-state index contributed by atoms with van der Waals surface area (Å²) in [7, 11) is 1.77. The second-order valence-corrected chi connectivity index (χ2v) is 4.48. The van der Waals surface area contributed by atoms with Crippen LogP contribution in [0, 0.1) is 12.7 Å². The van der Waals surface area contributed by atoms with Crippen LogP contribution < -0.4 is 5.32 Å². The van der Waals surface area contributed by atoms with Crippen LogP contribution in [0.15, 0.2) is 28.7 Å². The summed E-state index contributed by atoms with van der Waals surface area (Å²) in [6.07, 6.45) is 0. The van der Waals surface area contributed by atoms with Crippen LogP contribution in [0.1, 0.15) is 5.82 Å². The molecule has 5 heteroatoms. The normalized spacial score (nSPS) is 10.4. The van der Waals surface area contributed by atoms with E-state index >= 15 is 0 Å². The van der Waals surface area contributed by atoms with E-state index in [0.29, 0.717) is 22.9 Å². The van der Waals surface area contributed by atoms with Gasteiger partial charge in [-0.05, 0) is 25.1 Å². The van der Waals surface area contributed by atoms with Gasteiger partial charge in [-0.25, -0.2) is 14.4 Å². The third-order valence-electron chi connectivity index (χ3n) is 2.30. The smallest absolute Gasteiger partial charge is 0.132 e. The van der Waals surface area contributed by atoms with E-state index < -0.39 is 0 Å². The highest BCUT2D eigenvalue weighted by atomic mass is 79.9. The molecule has 1 aromatic heterocycles. The highest BCUT2D eigenvalue weighted by molar-refractivity contribution is 9.10. The number of hydrogen-bond acceptors (Lipinski definition) is 3. The molecule has 0 unspecified atom stereocenters. The van der Waals surface area contributed by atoms with Crippen molar-refractivity contribution in [2.75, 3.05) is 12.4 Å². The maximum Gasteiger partial charge on any atom is 0.132 e. The Hall–Kier alpha value is -1.49. The first-order chi connectivity index (χ1) is 8.10. The number of nitrogens with zero attached hydrogens (tertiary/aromatic N) is 2. The maximum atomic E-state index is 13.7. The number of aromatic nitrogens is 2. The summed E-state index contributed by atoms with van der Waals surface area (Å²) in [6.45, 7) is 1.78. The molecule has 0 aliphatic heterocycles. The van der Waals surface area contributed by atoms with Crippen molar-refractivity contribution in [2.45, 2.75) is 6.92 Å². The fourth-order valence-electron chi connectivity index (χ4n) is 1.53. The number of hydrogen-bond donors (Lipinski definition) is 1. The molecule has 0 amide bonds. The first kappa shape index (κ1) is 12.0. The molecule has 1 aromatic carbocycles. The average Bonchev–Trinajstić information content (AvgIpc) is 2.31. The molecule has 88 valence electrons. The second kappa shape index (κ2) is 4.79. The van der Waals surface area contributed by atoms with Crippen molar-refractivity contribution in [2.24, 2.45) is 0 Å². The molecule has 0 aliphatic carbocycles. The molecule has 0 saturated carbocycles. The van der Waals surface area contributed by atoms with Gasteiger partial charge in [-0.15, -0.1) is 0 Å². The van der Waals surface area contributed by atoms with Gasteiger partial charge >= 0.3 is 0 Å². The minimum Gasteiger partial charge on any atom is -0.373 e. The fourth-order valence-corrected chi connectivity index (χ4v) is 1.89. The van der Waals surface area contributed by atoms with Gasteiger partial charge in [0.05, 0.1) is 5.69 Å². The topological polar surface area (TPSA) is 37.8 Å². The first-order valence-corrected chi connectivity index (χ1v) is 5.88. The van der Waals surface area contributed by atoms with E-state index in [1.165, 1.54) is 6.07 Å². The van der Waals surface area contributed by atoms with Crippen LogP contribution in [0.3, 0.4) is 0 Å². The Morgan fingerprint density at radius 1 is 1.24 bits per heavy atom. The molecule has 1 N–H and O–H groups in total. The largest absolute Gasteiger partial charge is 0.373 e. The van der Waals surface area contributed by atoms with Crippen LogP contribution in [-0.2, 0) is 0 Å². The Labute approximate surface area is 107 Å². The summed E-state index contributed by atoms with van der Waals surface area (Å²) in [6, 6.07) is 6.50. The van der Waals surface area contributed by atoms with Crippen LogP contribution in [-0.4, -0.2) is 17.0 Å². The van der Waals surface area contributed by atoms with Gasteiger partial charge < -0.3 is 5.32 Å². The van der Waals surface area contributed by atoms with Gasteiger partial charge in [-0.1, -0.05) is 15.9 Å². The third kappa shape index (κ3) is 2.61. The molecule has 0 atom stereocenters. The number of rotatable bonds is 2. The Morgan fingerprint density at radius 2 is 2.00 bits per heavy atom. The van der Waals surface area contributed by atoms with Crippen molar-refractivity contribution in [1.29, 1.82) is 0 Å². The molecule has 0 fully saturated rings. The third-order valence-corrected chi connectivity index (χ3v) is 2.79. The fraction of sp³-hybridized carbons (Fsp3) is 0.167. The molecule has 2 rings (SSSR count). The van der Waals surface area contributed by atoms with E-state index in [2.05, 4.69) is 31.2 Å². The predicted octanol–water partition coefficient (Wildman–Crippen LogP) is 3.40. The highest BCUT2D eigenvalue weighted by Crippen LogP contribution is 2.26. The molecule has 0 saturated heterocycles. The van der Waals surface area contributed by atoms with Crippen molar-refractivity contribution in [3.05, 3.63) is 40.4 Å². The van der Waals surface area contributed by atoms with E-state index in [9.17, 15) is 4.39 Å². The molecule has 0 spiro atoms. The van der Waals surface area contributed by atoms with Crippen LogP contribution in [0.2, 0.25) is 0 Å². The molecule has 2 aromatic rings. The summed E-state index contributed by atoms with van der Waals surface area (Å²) in [5.74, 6) is 0.978. The molecule has 3 nitrogen and oxygen atoms in total. The number of nitrogens with one attached hydrogen (secondary N) is 1. The van der Waals surface area contributed by atoms with Gasteiger partial charge in [-0.2, -0.15) is 0 Å². The molecule has 0 bridgehead atoms. The molecule has 0 aliphatic rings. The van der Waals surface area contributed by atoms with E-state index in [4.69, 9.17) is 0 Å². The zero-order valence-electron chi connectivity index (χ0n) is 9.46. The van der Waals surface area contributed by atoms with Gasteiger partial charge in [0.1, 0.15) is 17.5 Å². The lowest BCUT2D eigenvalue weighted by Crippen LogP contribution is -1.99. The van der Waals surface area contributed by atoms with E-state index in [1.54, 1.807) is 32.2 Å². The lowest BCUT2D eigenvalue weighted by Gasteiger charge is -2.07. The van der Waals surface area contributed by atoms with Crippen molar-refractivity contribution < 1.29 is 4.39 Å². The molecule has 17 heavy (non-hydrogen) atoms. The quantitative estimate of drug-likeness (QED) is 0.923. The highest BCUT2D eigenvalue weighted by Gasteiger charge is 2.09. The Morgan fingerprint density at radius 3 is 2.71 bits per heavy atom. The van der Waals surface area contributed by atoms with Crippen LogP contribution >= 0.6 is 15.9 Å². The zero-order valence-corrected chi connectivity index (χ0v) is 11.0. The molecule has 1 heterocycles. The van der Waals surface area contributed by atoms with E-state index in [1.807, 2.05) is 0 Å². The van der Waals surface area contributed by atoms with Crippen LogP contribution in [0.25, 0.3) is 11.3 Å². The van der Waals surface area contributed by atoms with Gasteiger partial charge in [-0.3, -0.25) is 0 Å². The zero-order chi connectivity index (χ0) is 12.4. The second-order valence-electron chi connectivity index (χ2n) is 3.56.